The summed E-state index contributed by atoms with van der Waals surface area (Å²) in [6, 6.07) is 5.42. The first kappa shape index (κ1) is 12.0. The molecule has 1 atom stereocenters. The summed E-state index contributed by atoms with van der Waals surface area (Å²) >= 11 is 0. The van der Waals surface area contributed by atoms with Crippen molar-refractivity contribution in [2.75, 3.05) is 13.6 Å². The molecule has 0 aliphatic carbocycles. The maximum Gasteiger partial charge on any atom is 0.245 e. The van der Waals surface area contributed by atoms with Gasteiger partial charge in [0.1, 0.15) is 5.82 Å². The molecule has 1 aromatic rings. The molecule has 0 heterocycles. The summed E-state index contributed by atoms with van der Waals surface area (Å²) in [5.74, 6) is -1.37. The van der Waals surface area contributed by atoms with Gasteiger partial charge in [0.15, 0.2) is 0 Å². The molecule has 0 radical (unpaired) electrons. The van der Waals surface area contributed by atoms with E-state index in [1.54, 1.807) is 7.05 Å². The molecule has 15 heavy (non-hydrogen) atoms. The quantitative estimate of drug-likeness (QED) is 0.799. The predicted molar refractivity (Wildman–Crippen MR) is 53.7 cm³/mol. The molecule has 4 heteroatoms. The summed E-state index contributed by atoms with van der Waals surface area (Å²) in [5, 5.41) is 2.81. The molecule has 0 aliphatic rings. The number of rotatable bonds is 5. The van der Waals surface area contributed by atoms with E-state index in [1.165, 1.54) is 24.3 Å². The molecule has 1 nitrogen and oxygen atoms in total. The van der Waals surface area contributed by atoms with Crippen LogP contribution in [0.3, 0.4) is 0 Å². The van der Waals surface area contributed by atoms with Gasteiger partial charge in [0.25, 0.3) is 0 Å². The van der Waals surface area contributed by atoms with Gasteiger partial charge < -0.3 is 5.32 Å². The van der Waals surface area contributed by atoms with E-state index in [0.717, 1.165) is 0 Å². The lowest BCUT2D eigenvalue weighted by atomic mass is 9.96. The van der Waals surface area contributed by atoms with Gasteiger partial charge in [-0.3, -0.25) is 0 Å². The Morgan fingerprint density at radius 3 is 2.60 bits per heavy atom. The highest BCUT2D eigenvalue weighted by atomic mass is 19.3. The molecule has 84 valence electrons. The number of alkyl halides is 2. The zero-order valence-electron chi connectivity index (χ0n) is 8.51. The Kier molecular flexibility index (Phi) is 4.62. The van der Waals surface area contributed by atoms with Crippen molar-refractivity contribution in [3.63, 3.8) is 0 Å². The number of hydrogen-bond acceptors (Lipinski definition) is 1. The highest BCUT2D eigenvalue weighted by Gasteiger charge is 2.21. The van der Waals surface area contributed by atoms with Crippen LogP contribution < -0.4 is 5.32 Å². The zero-order valence-corrected chi connectivity index (χ0v) is 8.51. The normalized spacial score (nSPS) is 13.1. The molecule has 1 unspecified atom stereocenters. The minimum absolute atomic E-state index is 0.303. The molecule has 0 bridgehead atoms. The molecule has 1 N–H and O–H groups in total. The predicted octanol–water partition coefficient (Wildman–Crippen LogP) is 2.78. The van der Waals surface area contributed by atoms with Gasteiger partial charge in [0.05, 0.1) is 0 Å². The van der Waals surface area contributed by atoms with E-state index in [9.17, 15) is 13.2 Å². The Morgan fingerprint density at radius 2 is 2.07 bits per heavy atom. The highest BCUT2D eigenvalue weighted by Crippen LogP contribution is 2.26. The van der Waals surface area contributed by atoms with E-state index >= 15 is 0 Å². The SMILES string of the molecule is CNCCC(c1cccc(F)c1)C(F)F. The van der Waals surface area contributed by atoms with Crippen LogP contribution in [0.4, 0.5) is 13.2 Å². The summed E-state index contributed by atoms with van der Waals surface area (Å²) < 4.78 is 38.2. The highest BCUT2D eigenvalue weighted by molar-refractivity contribution is 5.21. The fourth-order valence-electron chi connectivity index (χ4n) is 1.48. The minimum atomic E-state index is -2.46. The minimum Gasteiger partial charge on any atom is -0.320 e. The summed E-state index contributed by atoms with van der Waals surface area (Å²) in [6.07, 6.45) is -2.16. The molecule has 0 saturated carbocycles. The van der Waals surface area contributed by atoms with E-state index in [-0.39, 0.29) is 0 Å². The van der Waals surface area contributed by atoms with Gasteiger partial charge in [0, 0.05) is 5.92 Å². The molecular formula is C11H14F3N. The monoisotopic (exact) mass is 217 g/mol. The number of benzene rings is 1. The van der Waals surface area contributed by atoms with Crippen molar-refractivity contribution in [2.24, 2.45) is 0 Å². The zero-order chi connectivity index (χ0) is 11.3. The molecular weight excluding hydrogens is 203 g/mol. The molecule has 0 spiro atoms. The Bertz CT molecular complexity index is 302. The lowest BCUT2D eigenvalue weighted by Crippen LogP contribution is -2.17. The fourth-order valence-corrected chi connectivity index (χ4v) is 1.48. The first-order chi connectivity index (χ1) is 7.15. The van der Waals surface area contributed by atoms with Gasteiger partial charge in [0.2, 0.25) is 6.43 Å². The lowest BCUT2D eigenvalue weighted by Gasteiger charge is -2.16. The molecule has 1 rings (SSSR count). The van der Waals surface area contributed by atoms with E-state index in [1.807, 2.05) is 0 Å². The summed E-state index contributed by atoms with van der Waals surface area (Å²) in [5.41, 5.74) is 0.361. The molecule has 0 aromatic heterocycles. The topological polar surface area (TPSA) is 12.0 Å². The Balaban J connectivity index is 2.79. The summed E-state index contributed by atoms with van der Waals surface area (Å²) in [6.45, 7) is 0.492. The van der Waals surface area contributed by atoms with Crippen LogP contribution in [0, 0.1) is 5.82 Å². The largest absolute Gasteiger partial charge is 0.320 e. The number of hydrogen-bond donors (Lipinski definition) is 1. The van der Waals surface area contributed by atoms with Crippen LogP contribution in [0.2, 0.25) is 0 Å². The summed E-state index contributed by atoms with van der Waals surface area (Å²) in [4.78, 5) is 0. The Hall–Kier alpha value is -1.03. The van der Waals surface area contributed by atoms with Gasteiger partial charge in [-0.15, -0.1) is 0 Å². The molecule has 0 fully saturated rings. The Morgan fingerprint density at radius 1 is 1.33 bits per heavy atom. The van der Waals surface area contributed by atoms with Crippen molar-refractivity contribution >= 4 is 0 Å². The van der Waals surface area contributed by atoms with Gasteiger partial charge in [-0.1, -0.05) is 12.1 Å². The van der Waals surface area contributed by atoms with Crippen LogP contribution in [0.15, 0.2) is 24.3 Å². The van der Waals surface area contributed by atoms with E-state index in [4.69, 9.17) is 0 Å². The van der Waals surface area contributed by atoms with Crippen molar-refractivity contribution in [3.05, 3.63) is 35.6 Å². The van der Waals surface area contributed by atoms with E-state index < -0.39 is 18.2 Å². The van der Waals surface area contributed by atoms with E-state index in [2.05, 4.69) is 5.32 Å². The average molecular weight is 217 g/mol. The maximum atomic E-state index is 12.9. The van der Waals surface area contributed by atoms with Crippen LogP contribution in [0.1, 0.15) is 17.9 Å². The number of nitrogens with one attached hydrogen (secondary N) is 1. The van der Waals surface area contributed by atoms with Crippen molar-refractivity contribution in [3.8, 4) is 0 Å². The Labute approximate surface area is 87.3 Å². The third kappa shape index (κ3) is 3.55. The fraction of sp³-hybridized carbons (Fsp3) is 0.455. The van der Waals surface area contributed by atoms with Gasteiger partial charge in [-0.25, -0.2) is 13.2 Å². The second kappa shape index (κ2) is 5.75. The third-order valence-electron chi connectivity index (χ3n) is 2.29. The van der Waals surface area contributed by atoms with Gasteiger partial charge >= 0.3 is 0 Å². The molecule has 0 aliphatic heterocycles. The van der Waals surface area contributed by atoms with Gasteiger partial charge in [-0.2, -0.15) is 0 Å². The van der Waals surface area contributed by atoms with Gasteiger partial charge in [-0.05, 0) is 37.7 Å². The van der Waals surface area contributed by atoms with Crippen molar-refractivity contribution < 1.29 is 13.2 Å². The number of halogens is 3. The maximum absolute atomic E-state index is 12.9. The molecule has 0 saturated heterocycles. The second-order valence-corrected chi connectivity index (χ2v) is 3.39. The molecule has 1 aromatic carbocycles. The lowest BCUT2D eigenvalue weighted by molar-refractivity contribution is 0.110. The smallest absolute Gasteiger partial charge is 0.245 e. The summed E-state index contributed by atoms with van der Waals surface area (Å²) in [7, 11) is 1.70. The van der Waals surface area contributed by atoms with Crippen LogP contribution in [0.25, 0.3) is 0 Å². The first-order valence-corrected chi connectivity index (χ1v) is 4.83. The average Bonchev–Trinajstić information content (AvgIpc) is 2.18. The van der Waals surface area contributed by atoms with Crippen molar-refractivity contribution in [2.45, 2.75) is 18.8 Å². The first-order valence-electron chi connectivity index (χ1n) is 4.83. The van der Waals surface area contributed by atoms with Crippen LogP contribution in [-0.2, 0) is 0 Å². The van der Waals surface area contributed by atoms with E-state index in [0.29, 0.717) is 18.5 Å². The van der Waals surface area contributed by atoms with Crippen molar-refractivity contribution in [1.29, 1.82) is 0 Å². The van der Waals surface area contributed by atoms with Crippen LogP contribution >= 0.6 is 0 Å². The van der Waals surface area contributed by atoms with Crippen LogP contribution in [-0.4, -0.2) is 20.0 Å². The standard InChI is InChI=1S/C11H14F3N/c1-15-6-5-10(11(13)14)8-3-2-4-9(12)7-8/h2-4,7,10-11,15H,5-6H2,1H3. The molecule has 0 amide bonds. The third-order valence-corrected chi connectivity index (χ3v) is 2.29. The van der Waals surface area contributed by atoms with Crippen LogP contribution in [0.5, 0.6) is 0 Å². The van der Waals surface area contributed by atoms with Crippen molar-refractivity contribution in [1.82, 2.24) is 5.32 Å². The second-order valence-electron chi connectivity index (χ2n) is 3.39.